The van der Waals surface area contributed by atoms with Crippen LogP contribution in [-0.2, 0) is 57.6 Å². The summed E-state index contributed by atoms with van der Waals surface area (Å²) in [5.74, 6) is -8.48. The molecule has 5 N–H and O–H groups in total. The van der Waals surface area contributed by atoms with Crippen molar-refractivity contribution in [2.24, 2.45) is 16.6 Å². The molecule has 0 saturated heterocycles. The minimum absolute atomic E-state index is 0.100. The zero-order chi connectivity index (χ0) is 104. The number of fused-ring (bicyclic) bond motifs is 10. The van der Waals surface area contributed by atoms with Gasteiger partial charge in [-0.25, -0.2) is 62.9 Å². The van der Waals surface area contributed by atoms with E-state index < -0.39 is 94.0 Å². The van der Waals surface area contributed by atoms with Crippen LogP contribution in [-0.4, -0.2) is 169 Å². The summed E-state index contributed by atoms with van der Waals surface area (Å²) in [6, 6.07) is 40.9. The van der Waals surface area contributed by atoms with Crippen LogP contribution in [0.5, 0.6) is 0 Å². The molecule has 21 rings (SSSR count). The minimum atomic E-state index is -0.813. The van der Waals surface area contributed by atoms with Crippen molar-refractivity contribution < 1.29 is 81.3 Å². The summed E-state index contributed by atoms with van der Waals surface area (Å²) < 4.78 is 187. The number of benzene rings is 6. The third-order valence-corrected chi connectivity index (χ3v) is 22.0. The molecule has 6 aromatic carbocycles. The van der Waals surface area contributed by atoms with Crippen molar-refractivity contribution in [1.29, 1.82) is 0 Å². The summed E-state index contributed by atoms with van der Waals surface area (Å²) in [7, 11) is 1.17. The summed E-state index contributed by atoms with van der Waals surface area (Å²) in [6.07, 6.45) is 7.51. The van der Waals surface area contributed by atoms with Gasteiger partial charge >= 0.3 is 12.0 Å². The highest BCUT2D eigenvalue weighted by Crippen LogP contribution is 2.33. The maximum absolute atomic E-state index is 14.9. The van der Waals surface area contributed by atoms with Crippen molar-refractivity contribution in [2.75, 3.05) is 20.3 Å². The number of amides is 2. The second-order valence-electron chi connectivity index (χ2n) is 30.8. The highest BCUT2D eigenvalue weighted by Gasteiger charge is 2.27. The number of hydrogen-bond donors (Lipinski definition) is 3. The molecule has 49 heteroatoms. The molecule has 0 aliphatic heterocycles. The topological polar surface area (TPSA) is 439 Å². The number of methoxy groups -OCH3 is 1. The average molecular weight is 2060 g/mol. The molecule has 34 nitrogen and oxygen atoms in total. The summed E-state index contributed by atoms with van der Waals surface area (Å²) in [6.45, 7) is 8.88. The molecule has 15 aromatic heterocycles. The van der Waals surface area contributed by atoms with Gasteiger partial charge in [-0.3, -0.25) is 44.3 Å². The van der Waals surface area contributed by atoms with E-state index in [1.807, 2.05) is 6.92 Å². The van der Waals surface area contributed by atoms with Crippen molar-refractivity contribution >= 4 is 158 Å². The van der Waals surface area contributed by atoms with Crippen LogP contribution in [0.15, 0.2) is 219 Å². The Labute approximate surface area is 828 Å². The van der Waals surface area contributed by atoms with E-state index in [0.717, 1.165) is 12.1 Å². The number of hydrogen-bond acceptors (Lipinski definition) is 28. The lowest BCUT2D eigenvalue weighted by Crippen LogP contribution is -2.25. The van der Waals surface area contributed by atoms with Crippen LogP contribution in [0.3, 0.4) is 0 Å². The summed E-state index contributed by atoms with van der Waals surface area (Å²) >= 11 is 16.6. The number of halogens is 15. The standard InChI is InChI=1S/C19H15F2N5O.C18H14F2N8O.C17H11F2N5O.C15H8ClF2N5.C12H10F2N2O.C12H9F2NO2.C4H2Cl2N2/c1-3-27-11(2)15-6-7-17-23-24-18(26(17)25-15)9-13-14(20)10-16-12(19(13)21)5-4-8-22-16;1-9(23-26-18(21)29)13-4-5-15-24-25-16(28(15)27-13)7-11-12(19)8-14-10(17(11)20)3-2-6-22-14;1-9(25)13-4-5-15-21-22-16(24(15)23-13)7-11-12(18)8-14-10(17(11)19)3-2-6-20-14;16-12-3-4-13-20-21-14(23(13)22-12)6-9-10(17)7-11-8(15(9)18)2-1-5-19-11;13-10-5-11-8(2-1-3-16-11)12(14)9(10)4-7(17)6-15;1-17-11(16)5-8-9(13)6-10-7(12(8)14)3-2-4-15-10;5-3-1-2-4(6)8-7-3/h4-8,10H,2-3,9H2,1H3;2-6,8H,7H2,1H3,(H3,21,26,29);2-6,8H,7H2,1H3;1-5,7H,6H2;1-3,5H,4,6,15H2;2-4,6H,5H2,1H3;1-2H/b;23-9+;;;;;. The maximum Gasteiger partial charge on any atom is 0.332 e. The van der Waals surface area contributed by atoms with Gasteiger partial charge in [0.1, 0.15) is 97.8 Å². The third kappa shape index (κ3) is 23.5. The van der Waals surface area contributed by atoms with Gasteiger partial charge in [-0.15, -0.1) is 51.0 Å². The number of primary amides is 1. The number of nitrogens with two attached hydrogens (primary N) is 2. The number of nitrogens with one attached hydrogen (secondary N) is 1. The first-order chi connectivity index (χ1) is 70.2. The second-order valence-corrected chi connectivity index (χ2v) is 32.0. The molecule has 0 spiro atoms. The van der Waals surface area contributed by atoms with E-state index in [1.54, 1.807) is 110 Å². The Morgan fingerprint density at radius 3 is 0.979 bits per heavy atom. The van der Waals surface area contributed by atoms with Gasteiger partial charge in [-0.1, -0.05) is 41.4 Å². The van der Waals surface area contributed by atoms with E-state index in [2.05, 4.69) is 123 Å². The van der Waals surface area contributed by atoms with Gasteiger partial charge < -0.3 is 20.9 Å². The van der Waals surface area contributed by atoms with E-state index in [-0.39, 0.29) is 166 Å². The van der Waals surface area contributed by atoms with Crippen molar-refractivity contribution in [3.05, 3.63) is 373 Å². The predicted molar refractivity (Wildman–Crippen MR) is 510 cm³/mol. The quantitative estimate of drug-likeness (QED) is 0.0169. The molecule has 0 fully saturated rings. The molecule has 21 aromatic rings. The summed E-state index contributed by atoms with van der Waals surface area (Å²) in [5.41, 5.74) is 15.8. The summed E-state index contributed by atoms with van der Waals surface area (Å²) in [4.78, 5) is 68.1. The number of carbonyl (C=O) groups is 4. The normalized spacial score (nSPS) is 11.2. The fraction of sp³-hybridized carbons (Fsp3) is 0.124. The number of Topliss-reactive ketones (excluding diaryl/α,β-unsaturated/α-hetero) is 2. The Balaban J connectivity index is 0.000000131. The predicted octanol–water partition coefficient (Wildman–Crippen LogP) is 17.0. The van der Waals surface area contributed by atoms with Gasteiger partial charge in [0.25, 0.3) is 0 Å². The van der Waals surface area contributed by atoms with Crippen molar-refractivity contribution in [3.63, 3.8) is 0 Å². The number of ether oxygens (including phenoxy) is 2. The lowest BCUT2D eigenvalue weighted by Gasteiger charge is -2.08. The minimum Gasteiger partial charge on any atom is -0.492 e. The van der Waals surface area contributed by atoms with Gasteiger partial charge in [0.2, 0.25) is 0 Å². The monoisotopic (exact) mass is 2050 g/mol. The molecular formula is C97H69Cl3F12N28O6. The van der Waals surface area contributed by atoms with Crippen LogP contribution in [0.2, 0.25) is 15.5 Å². The number of rotatable bonds is 19. The van der Waals surface area contributed by atoms with Crippen molar-refractivity contribution in [3.8, 4) is 0 Å². The number of urea groups is 1. The molecular weight excluding hydrogens is 1990 g/mol. The van der Waals surface area contributed by atoms with Gasteiger partial charge in [-0.2, -0.15) is 43.6 Å². The number of hydrazone groups is 1. The molecule has 15 heterocycles. The fourth-order valence-corrected chi connectivity index (χ4v) is 14.6. The summed E-state index contributed by atoms with van der Waals surface area (Å²) in [5, 5.41) is 61.7. The van der Waals surface area contributed by atoms with Gasteiger partial charge in [-0.05, 0) is 147 Å². The first-order valence-electron chi connectivity index (χ1n) is 42.9. The molecule has 0 aliphatic carbocycles. The van der Waals surface area contributed by atoms with Crippen LogP contribution >= 0.6 is 34.8 Å². The largest absolute Gasteiger partial charge is 0.492 e. The fourth-order valence-electron chi connectivity index (χ4n) is 14.3. The number of nitrogens with zero attached hydrogens (tertiary/aromatic N) is 25. The lowest BCUT2D eigenvalue weighted by molar-refractivity contribution is -0.139. The Hall–Kier alpha value is -17.7. The number of carbonyl (C=O) groups excluding carboxylic acids is 4. The van der Waals surface area contributed by atoms with E-state index in [4.69, 9.17) is 51.0 Å². The average Bonchev–Trinajstić information content (AvgIpc) is 1.54. The van der Waals surface area contributed by atoms with Crippen LogP contribution in [0.4, 0.5) is 57.5 Å². The number of ketones is 2. The van der Waals surface area contributed by atoms with Gasteiger partial charge in [0, 0.05) is 178 Å². The van der Waals surface area contributed by atoms with E-state index >= 15 is 0 Å². The maximum atomic E-state index is 14.9. The highest BCUT2D eigenvalue weighted by atomic mass is 35.5. The molecule has 2 amide bonds. The van der Waals surface area contributed by atoms with Gasteiger partial charge in [0.05, 0.1) is 65.5 Å². The van der Waals surface area contributed by atoms with E-state index in [0.29, 0.717) is 74.0 Å². The molecule has 0 atom stereocenters. The Morgan fingerprint density at radius 2 is 0.664 bits per heavy atom. The van der Waals surface area contributed by atoms with E-state index in [9.17, 15) is 71.9 Å². The SMILES string of the molecule is C/C(=N\NC(N)=O)c1ccc2nnc(Cc3c(F)cc4ncccc4c3F)n2n1.C=C(OCC)c1ccc2nnc(Cc3c(F)cc4ncccc4c3F)n2n1.CC(=O)c1ccc2nnc(Cc3c(F)cc4ncccc4c3F)n2n1.COC(=O)Cc1c(F)cc2ncccc2c1F.Clc1ccc(Cl)nn1.Fc1cc2ncccc2c(F)c1Cc1nnc2ccc(Cl)nn12.NCC(=O)Cc1c(F)cc2ncccc2c1F. The Kier molecular flexibility index (Phi) is 32.3. The Morgan fingerprint density at radius 1 is 0.377 bits per heavy atom. The lowest BCUT2D eigenvalue weighted by atomic mass is 10.0. The first kappa shape index (κ1) is 103. The molecule has 0 saturated carbocycles. The number of aromatic nitrogens is 24. The molecule has 0 bridgehead atoms. The number of esters is 1. The van der Waals surface area contributed by atoms with E-state index in [1.165, 1.54) is 124 Å². The van der Waals surface area contributed by atoms with Crippen LogP contribution in [0, 0.1) is 69.8 Å². The first-order valence-corrected chi connectivity index (χ1v) is 44.1. The zero-order valence-electron chi connectivity index (χ0n) is 75.9. The number of pyridine rings is 6. The molecule has 738 valence electrons. The third-order valence-electron chi connectivity index (χ3n) is 21.4. The second kappa shape index (κ2) is 45.9. The van der Waals surface area contributed by atoms with Gasteiger partial charge in [0.15, 0.2) is 67.8 Å². The Bertz CT molecular complexity index is 8530. The van der Waals surface area contributed by atoms with Crippen LogP contribution < -0.4 is 16.9 Å². The molecule has 0 aliphatic rings. The van der Waals surface area contributed by atoms with Crippen LogP contribution in [0.1, 0.15) is 99.3 Å². The molecule has 0 radical (unpaired) electrons. The van der Waals surface area contributed by atoms with Crippen molar-refractivity contribution in [2.45, 2.75) is 59.3 Å². The van der Waals surface area contributed by atoms with Crippen LogP contribution in [0.25, 0.3) is 93.8 Å². The molecule has 146 heavy (non-hydrogen) atoms. The van der Waals surface area contributed by atoms with Crippen molar-refractivity contribution in [1.82, 2.24) is 125 Å². The highest BCUT2D eigenvalue weighted by molar-refractivity contribution is 6.31. The molecule has 0 unspecified atom stereocenters. The zero-order valence-corrected chi connectivity index (χ0v) is 78.2. The smallest absolute Gasteiger partial charge is 0.332 e.